The van der Waals surface area contributed by atoms with E-state index < -0.39 is 0 Å². The number of carboxylic acid groups (broad SMARTS) is 1. The second-order valence-corrected chi connectivity index (χ2v) is 7.71. The summed E-state index contributed by atoms with van der Waals surface area (Å²) in [6.07, 6.45) is 6.06. The Balaban J connectivity index is 0.000000755. The molecule has 3 fully saturated rings. The minimum atomic E-state index is -0.250. The van der Waals surface area contributed by atoms with Gasteiger partial charge in [0.2, 0.25) is 11.8 Å². The lowest BCUT2D eigenvalue weighted by atomic mass is 9.72. The zero-order valence-electron chi connectivity index (χ0n) is 16.3. The molecule has 4 atom stereocenters. The zero-order chi connectivity index (χ0) is 21.0. The number of aromatic nitrogens is 1. The van der Waals surface area contributed by atoms with Crippen molar-refractivity contribution < 1.29 is 28.7 Å². The number of hydrogen-bond acceptors (Lipinski definition) is 6. The summed E-state index contributed by atoms with van der Waals surface area (Å²) in [7, 11) is 0. The van der Waals surface area contributed by atoms with E-state index >= 15 is 0 Å². The maximum absolute atomic E-state index is 12.7. The van der Waals surface area contributed by atoms with Crippen molar-refractivity contribution in [2.75, 3.05) is 19.6 Å². The molecule has 4 rings (SSSR count). The first-order valence-corrected chi connectivity index (χ1v) is 9.77. The second-order valence-electron chi connectivity index (χ2n) is 7.71. The molecular weight excluding hydrogens is 380 g/mol. The molecule has 3 saturated heterocycles. The van der Waals surface area contributed by atoms with Crippen LogP contribution in [0.25, 0.3) is 0 Å². The zero-order valence-corrected chi connectivity index (χ0v) is 16.3. The van der Waals surface area contributed by atoms with Crippen molar-refractivity contribution in [2.45, 2.75) is 44.7 Å². The number of oxazole rings is 1. The Hall–Kier alpha value is -2.91. The molecule has 1 aromatic rings. The van der Waals surface area contributed by atoms with Gasteiger partial charge in [0.25, 0.3) is 12.4 Å². The van der Waals surface area contributed by atoms with E-state index in [0.717, 1.165) is 19.3 Å². The number of fused-ring (bicyclic) bond motifs is 4. The maximum atomic E-state index is 12.7. The van der Waals surface area contributed by atoms with Crippen LogP contribution in [0.4, 0.5) is 0 Å². The quantitative estimate of drug-likeness (QED) is 0.692. The maximum Gasteiger partial charge on any atom is 0.290 e. The lowest BCUT2D eigenvalue weighted by Gasteiger charge is -2.56. The first-order chi connectivity index (χ1) is 14.0. The van der Waals surface area contributed by atoms with Crippen LogP contribution in [-0.2, 0) is 14.4 Å². The fourth-order valence-electron chi connectivity index (χ4n) is 4.93. The summed E-state index contributed by atoms with van der Waals surface area (Å²) in [4.78, 5) is 53.0. The van der Waals surface area contributed by atoms with Crippen LogP contribution in [0.3, 0.4) is 0 Å². The largest absolute Gasteiger partial charge is 0.483 e. The summed E-state index contributed by atoms with van der Waals surface area (Å²) in [6.45, 7) is 2.90. The number of piperidine rings is 3. The second kappa shape index (κ2) is 9.06. The highest BCUT2D eigenvalue weighted by Crippen LogP contribution is 2.41. The Morgan fingerprint density at radius 3 is 2.76 bits per heavy atom. The molecule has 10 nitrogen and oxygen atoms in total. The summed E-state index contributed by atoms with van der Waals surface area (Å²) in [5, 5.41) is 9.77. The third-order valence-corrected chi connectivity index (χ3v) is 6.00. The van der Waals surface area contributed by atoms with Gasteiger partial charge in [0.1, 0.15) is 6.26 Å². The molecule has 0 radical (unpaired) electrons. The van der Waals surface area contributed by atoms with Crippen molar-refractivity contribution >= 4 is 24.2 Å². The van der Waals surface area contributed by atoms with Gasteiger partial charge in [-0.3, -0.25) is 19.2 Å². The van der Waals surface area contributed by atoms with Crippen molar-refractivity contribution in [3.8, 4) is 0 Å². The molecule has 0 unspecified atom stereocenters. The topological polar surface area (TPSA) is 133 Å². The molecule has 3 aliphatic rings. The van der Waals surface area contributed by atoms with Gasteiger partial charge in [-0.1, -0.05) is 0 Å². The molecule has 2 bridgehead atoms. The Kier molecular flexibility index (Phi) is 6.50. The Labute approximate surface area is 168 Å². The number of hydrogen-bond donors (Lipinski definition) is 2. The van der Waals surface area contributed by atoms with Crippen molar-refractivity contribution in [2.24, 2.45) is 11.8 Å². The van der Waals surface area contributed by atoms with Gasteiger partial charge in [0.05, 0.1) is 6.04 Å². The number of nitrogens with one attached hydrogen (secondary N) is 1. The van der Waals surface area contributed by atoms with Gasteiger partial charge < -0.3 is 24.6 Å². The SMILES string of the molecule is CC(=O)NC[C@H]1[C@H]2C[C@H](CN(C(=O)c3cocn3)C2)[C@@H]2CCCC(=O)N21.O=CO. The third kappa shape index (κ3) is 4.41. The molecule has 0 aromatic carbocycles. The van der Waals surface area contributed by atoms with Gasteiger partial charge in [-0.25, -0.2) is 4.98 Å². The average Bonchev–Trinajstić information content (AvgIpc) is 3.23. The molecule has 4 heterocycles. The molecule has 1 aromatic heterocycles. The fraction of sp³-hybridized carbons (Fsp3) is 0.632. The van der Waals surface area contributed by atoms with Gasteiger partial charge in [-0.2, -0.15) is 0 Å². The third-order valence-electron chi connectivity index (χ3n) is 6.00. The average molecular weight is 406 g/mol. The molecule has 0 spiro atoms. The Bertz CT molecular complexity index is 752. The molecule has 3 aliphatic heterocycles. The lowest BCUT2D eigenvalue weighted by Crippen LogP contribution is -2.67. The van der Waals surface area contributed by atoms with Crippen LogP contribution < -0.4 is 5.32 Å². The standard InChI is InChI=1S/C18H24N4O4.CH2O2/c1-11(23)19-6-16-13-5-12(15-3-2-4-17(24)22(15)16)7-21(8-13)18(25)14-9-26-10-20-14;2-1-3/h9-10,12-13,15-16H,2-8H2,1H3,(H,19,23);1H,(H,2,3)/t12-,13+,15+,16+;/m1./s1. The lowest BCUT2D eigenvalue weighted by molar-refractivity contribution is -0.151. The monoisotopic (exact) mass is 406 g/mol. The highest BCUT2D eigenvalue weighted by atomic mass is 16.3. The van der Waals surface area contributed by atoms with Crippen molar-refractivity contribution in [1.82, 2.24) is 20.1 Å². The van der Waals surface area contributed by atoms with Crippen LogP contribution >= 0.6 is 0 Å². The van der Waals surface area contributed by atoms with E-state index in [1.165, 1.54) is 19.6 Å². The number of carbonyl (C=O) groups excluding carboxylic acids is 3. The predicted molar refractivity (Wildman–Crippen MR) is 99.7 cm³/mol. The van der Waals surface area contributed by atoms with E-state index in [1.54, 1.807) is 0 Å². The van der Waals surface area contributed by atoms with E-state index in [1.807, 2.05) is 9.80 Å². The number of nitrogens with zero attached hydrogens (tertiary/aromatic N) is 3. The molecule has 2 N–H and O–H groups in total. The molecule has 29 heavy (non-hydrogen) atoms. The van der Waals surface area contributed by atoms with Crippen LogP contribution in [0.2, 0.25) is 0 Å². The van der Waals surface area contributed by atoms with Crippen molar-refractivity contribution in [1.29, 1.82) is 0 Å². The van der Waals surface area contributed by atoms with Gasteiger partial charge in [-0.05, 0) is 31.1 Å². The van der Waals surface area contributed by atoms with Gasteiger partial charge in [0, 0.05) is 39.0 Å². The van der Waals surface area contributed by atoms with Crippen LogP contribution in [0.5, 0.6) is 0 Å². The Morgan fingerprint density at radius 2 is 2.10 bits per heavy atom. The molecular formula is C19H26N4O6. The first-order valence-electron chi connectivity index (χ1n) is 9.77. The predicted octanol–water partition coefficient (Wildman–Crippen LogP) is 0.353. The summed E-state index contributed by atoms with van der Waals surface area (Å²) in [5.74, 6) is 0.404. The minimum absolute atomic E-state index is 0.0548. The van der Waals surface area contributed by atoms with Crippen molar-refractivity contribution in [3.05, 3.63) is 18.4 Å². The number of carbonyl (C=O) groups is 4. The normalized spacial score (nSPS) is 28.0. The minimum Gasteiger partial charge on any atom is -0.483 e. The first kappa shape index (κ1) is 20.8. The fourth-order valence-corrected chi connectivity index (χ4v) is 4.93. The summed E-state index contributed by atoms with van der Waals surface area (Å²) in [5.41, 5.74) is 0.319. The van der Waals surface area contributed by atoms with Crippen LogP contribution in [0, 0.1) is 11.8 Å². The van der Waals surface area contributed by atoms with Crippen LogP contribution in [-0.4, -0.2) is 75.8 Å². The Morgan fingerprint density at radius 1 is 1.38 bits per heavy atom. The van der Waals surface area contributed by atoms with Gasteiger partial charge >= 0.3 is 0 Å². The van der Waals surface area contributed by atoms with E-state index in [9.17, 15) is 14.4 Å². The van der Waals surface area contributed by atoms with E-state index in [4.69, 9.17) is 14.3 Å². The highest BCUT2D eigenvalue weighted by molar-refractivity contribution is 5.92. The van der Waals surface area contributed by atoms with Gasteiger partial charge in [-0.15, -0.1) is 0 Å². The molecule has 10 heteroatoms. The molecule has 3 amide bonds. The summed E-state index contributed by atoms with van der Waals surface area (Å²) in [6, 6.07) is 0.0972. The molecule has 0 saturated carbocycles. The van der Waals surface area contributed by atoms with E-state index in [-0.39, 0.29) is 48.1 Å². The molecule has 158 valence electrons. The summed E-state index contributed by atoms with van der Waals surface area (Å²) >= 11 is 0. The van der Waals surface area contributed by atoms with Gasteiger partial charge in [0.15, 0.2) is 12.1 Å². The van der Waals surface area contributed by atoms with Crippen LogP contribution in [0.15, 0.2) is 17.1 Å². The molecule has 0 aliphatic carbocycles. The number of rotatable bonds is 3. The highest BCUT2D eigenvalue weighted by Gasteiger charge is 2.50. The van der Waals surface area contributed by atoms with Crippen molar-refractivity contribution in [3.63, 3.8) is 0 Å². The smallest absolute Gasteiger partial charge is 0.290 e. The van der Waals surface area contributed by atoms with E-state index in [0.29, 0.717) is 31.7 Å². The van der Waals surface area contributed by atoms with E-state index in [2.05, 4.69) is 10.3 Å². The number of amides is 3. The van der Waals surface area contributed by atoms with Crippen LogP contribution in [0.1, 0.15) is 43.1 Å². The number of likely N-dealkylation sites (tertiary alicyclic amines) is 1. The summed E-state index contributed by atoms with van der Waals surface area (Å²) < 4.78 is 4.95.